The molecule has 0 aliphatic carbocycles. The van der Waals surface area contributed by atoms with Crippen molar-refractivity contribution in [2.24, 2.45) is 0 Å². The van der Waals surface area contributed by atoms with E-state index in [0.717, 1.165) is 27.4 Å². The van der Waals surface area contributed by atoms with Gasteiger partial charge in [-0.25, -0.2) is 0 Å². The second kappa shape index (κ2) is 5.30. The van der Waals surface area contributed by atoms with Gasteiger partial charge in [0, 0.05) is 30.2 Å². The van der Waals surface area contributed by atoms with E-state index in [4.69, 9.17) is 5.73 Å². The zero-order valence-corrected chi connectivity index (χ0v) is 11.7. The number of nitrogens with one attached hydrogen (secondary N) is 2. The molecular formula is C13H14N6S. The molecule has 0 fully saturated rings. The van der Waals surface area contributed by atoms with Gasteiger partial charge in [0.1, 0.15) is 10.8 Å². The predicted molar refractivity (Wildman–Crippen MR) is 80.4 cm³/mol. The van der Waals surface area contributed by atoms with E-state index in [1.165, 1.54) is 11.5 Å². The van der Waals surface area contributed by atoms with Crippen LogP contribution in [0.15, 0.2) is 30.7 Å². The fourth-order valence-corrected chi connectivity index (χ4v) is 2.68. The molecule has 0 aromatic carbocycles. The molecule has 102 valence electrons. The molecule has 4 N–H and O–H groups in total. The number of nitrogens with two attached hydrogens (primary N) is 1. The quantitative estimate of drug-likeness (QED) is 0.685. The fourth-order valence-electron chi connectivity index (χ4n) is 1.95. The first kappa shape index (κ1) is 12.6. The van der Waals surface area contributed by atoms with Gasteiger partial charge in [-0.05, 0) is 36.2 Å². The Morgan fingerprint density at radius 2 is 2.15 bits per heavy atom. The molecule has 0 bridgehead atoms. The maximum atomic E-state index is 5.97. The lowest BCUT2D eigenvalue weighted by atomic mass is 10.1. The number of aromatic nitrogens is 4. The molecule has 0 radical (unpaired) electrons. The van der Waals surface area contributed by atoms with Crippen LogP contribution < -0.4 is 11.1 Å². The lowest BCUT2D eigenvalue weighted by Gasteiger charge is -2.06. The van der Waals surface area contributed by atoms with Crippen molar-refractivity contribution in [2.75, 3.05) is 11.1 Å². The summed E-state index contributed by atoms with van der Waals surface area (Å²) in [5.74, 6) is 0.535. The van der Waals surface area contributed by atoms with Crippen LogP contribution in [0.4, 0.5) is 10.8 Å². The number of aryl methyl sites for hydroxylation is 1. The van der Waals surface area contributed by atoms with Gasteiger partial charge in [0.2, 0.25) is 0 Å². The smallest absolute Gasteiger partial charge is 0.147 e. The van der Waals surface area contributed by atoms with Gasteiger partial charge >= 0.3 is 0 Å². The molecule has 20 heavy (non-hydrogen) atoms. The molecule has 0 saturated heterocycles. The minimum absolute atomic E-state index is 0.535. The summed E-state index contributed by atoms with van der Waals surface area (Å²) in [5, 5.41) is 11.3. The van der Waals surface area contributed by atoms with Gasteiger partial charge in [-0.1, -0.05) is 0 Å². The van der Waals surface area contributed by atoms with E-state index in [-0.39, 0.29) is 0 Å². The van der Waals surface area contributed by atoms with Crippen molar-refractivity contribution in [3.63, 3.8) is 0 Å². The average molecular weight is 286 g/mol. The first-order valence-corrected chi connectivity index (χ1v) is 6.91. The third kappa shape index (κ3) is 2.35. The molecule has 0 aliphatic heterocycles. The van der Waals surface area contributed by atoms with Crippen LogP contribution in [0.5, 0.6) is 0 Å². The van der Waals surface area contributed by atoms with Crippen molar-refractivity contribution >= 4 is 22.4 Å². The van der Waals surface area contributed by atoms with E-state index in [9.17, 15) is 0 Å². The number of rotatable bonds is 4. The van der Waals surface area contributed by atoms with Crippen LogP contribution in [-0.2, 0) is 6.54 Å². The van der Waals surface area contributed by atoms with E-state index in [0.29, 0.717) is 12.4 Å². The Balaban J connectivity index is 1.86. The molecule has 0 unspecified atom stereocenters. The minimum atomic E-state index is 0.535. The molecule has 3 aromatic heterocycles. The number of hydrogen-bond acceptors (Lipinski definition) is 6. The van der Waals surface area contributed by atoms with E-state index >= 15 is 0 Å². The number of nitrogens with zero attached hydrogens (tertiary/aromatic N) is 3. The van der Waals surface area contributed by atoms with Gasteiger partial charge in [-0.15, -0.1) is 0 Å². The van der Waals surface area contributed by atoms with Gasteiger partial charge in [-0.2, -0.15) is 9.47 Å². The molecule has 0 aliphatic rings. The Bertz CT molecular complexity index is 703. The van der Waals surface area contributed by atoms with Crippen LogP contribution in [0.3, 0.4) is 0 Å². The van der Waals surface area contributed by atoms with Crippen LogP contribution in [0.2, 0.25) is 0 Å². The van der Waals surface area contributed by atoms with Crippen LogP contribution >= 0.6 is 11.5 Å². The van der Waals surface area contributed by atoms with Crippen molar-refractivity contribution in [1.29, 1.82) is 0 Å². The van der Waals surface area contributed by atoms with E-state index in [2.05, 4.69) is 24.9 Å². The second-order valence-corrected chi connectivity index (χ2v) is 5.16. The van der Waals surface area contributed by atoms with Crippen LogP contribution in [0.25, 0.3) is 11.1 Å². The standard InChI is InChI=1S/C13H14N6S/c1-8-10(7-17-18-8)6-16-13-11(12(14)19-20-13)9-2-4-15-5-3-9/h2-5,7,16H,6H2,1H3,(H2,14,19)(H,17,18). The Kier molecular flexibility index (Phi) is 3.34. The average Bonchev–Trinajstić information content (AvgIpc) is 3.03. The maximum absolute atomic E-state index is 5.97. The summed E-state index contributed by atoms with van der Waals surface area (Å²) in [6, 6.07) is 3.85. The van der Waals surface area contributed by atoms with Gasteiger partial charge in [0.25, 0.3) is 0 Å². The summed E-state index contributed by atoms with van der Waals surface area (Å²) in [6.07, 6.45) is 5.31. The molecule has 3 rings (SSSR count). The highest BCUT2D eigenvalue weighted by Crippen LogP contribution is 2.36. The van der Waals surface area contributed by atoms with E-state index < -0.39 is 0 Å². The van der Waals surface area contributed by atoms with Gasteiger partial charge < -0.3 is 11.1 Å². The predicted octanol–water partition coefficient (Wildman–Crippen LogP) is 2.43. The Morgan fingerprint density at radius 3 is 2.85 bits per heavy atom. The minimum Gasteiger partial charge on any atom is -0.382 e. The number of anilines is 2. The highest BCUT2D eigenvalue weighted by Gasteiger charge is 2.13. The summed E-state index contributed by atoms with van der Waals surface area (Å²) < 4.78 is 4.23. The van der Waals surface area contributed by atoms with Crippen LogP contribution in [0.1, 0.15) is 11.3 Å². The van der Waals surface area contributed by atoms with Crippen LogP contribution in [0, 0.1) is 6.92 Å². The molecule has 3 aromatic rings. The molecule has 0 spiro atoms. The third-order valence-electron chi connectivity index (χ3n) is 3.06. The summed E-state index contributed by atoms with van der Waals surface area (Å²) in [4.78, 5) is 4.02. The maximum Gasteiger partial charge on any atom is 0.147 e. The first-order valence-electron chi connectivity index (χ1n) is 6.14. The van der Waals surface area contributed by atoms with E-state index in [1.54, 1.807) is 12.4 Å². The largest absolute Gasteiger partial charge is 0.382 e. The third-order valence-corrected chi connectivity index (χ3v) is 3.88. The van der Waals surface area contributed by atoms with Crippen molar-refractivity contribution in [2.45, 2.75) is 13.5 Å². The highest BCUT2D eigenvalue weighted by molar-refractivity contribution is 7.11. The summed E-state index contributed by atoms with van der Waals surface area (Å²) >= 11 is 1.36. The molecule has 0 amide bonds. The number of nitrogen functional groups attached to an aromatic ring is 1. The summed E-state index contributed by atoms with van der Waals surface area (Å²) in [7, 11) is 0. The highest BCUT2D eigenvalue weighted by atomic mass is 32.1. The lowest BCUT2D eigenvalue weighted by molar-refractivity contribution is 1.04. The molecule has 0 saturated carbocycles. The SMILES string of the molecule is Cc1[nH]ncc1CNc1snc(N)c1-c1ccncc1. The monoisotopic (exact) mass is 286 g/mol. The Hall–Kier alpha value is -2.41. The normalized spacial score (nSPS) is 10.7. The van der Waals surface area contributed by atoms with Crippen LogP contribution in [-0.4, -0.2) is 19.6 Å². The zero-order valence-electron chi connectivity index (χ0n) is 10.9. The zero-order chi connectivity index (χ0) is 13.9. The second-order valence-electron chi connectivity index (χ2n) is 4.38. The van der Waals surface area contributed by atoms with Crippen molar-refractivity contribution in [3.05, 3.63) is 42.0 Å². The number of pyridine rings is 1. The topological polar surface area (TPSA) is 92.5 Å². The summed E-state index contributed by atoms with van der Waals surface area (Å²) in [5.41, 5.74) is 10.1. The number of H-pyrrole nitrogens is 1. The van der Waals surface area contributed by atoms with Crippen molar-refractivity contribution in [3.8, 4) is 11.1 Å². The van der Waals surface area contributed by atoms with E-state index in [1.807, 2.05) is 25.3 Å². The van der Waals surface area contributed by atoms with Crippen molar-refractivity contribution < 1.29 is 0 Å². The number of aromatic amines is 1. The molecule has 6 nitrogen and oxygen atoms in total. The Morgan fingerprint density at radius 1 is 1.35 bits per heavy atom. The molecule has 0 atom stereocenters. The van der Waals surface area contributed by atoms with Crippen molar-refractivity contribution in [1.82, 2.24) is 19.6 Å². The van der Waals surface area contributed by atoms with Gasteiger partial charge in [-0.3, -0.25) is 10.1 Å². The fraction of sp³-hybridized carbons (Fsp3) is 0.154. The van der Waals surface area contributed by atoms with Gasteiger partial charge in [0.15, 0.2) is 0 Å². The first-order chi connectivity index (χ1) is 9.75. The molecule has 3 heterocycles. The van der Waals surface area contributed by atoms with Gasteiger partial charge in [0.05, 0.1) is 11.8 Å². The Labute approximate surface area is 120 Å². The lowest BCUT2D eigenvalue weighted by Crippen LogP contribution is -2.00. The number of hydrogen-bond donors (Lipinski definition) is 3. The molecular weight excluding hydrogens is 272 g/mol. The molecule has 7 heteroatoms. The summed E-state index contributed by atoms with van der Waals surface area (Å²) in [6.45, 7) is 2.68.